The Kier molecular flexibility index (Phi) is 4.22. The molecule has 10 heteroatoms. The molecule has 0 spiro atoms. The third kappa shape index (κ3) is 3.11. The molecule has 22 heavy (non-hydrogen) atoms. The van der Waals surface area contributed by atoms with Crippen molar-refractivity contribution >= 4 is 21.7 Å². The molecule has 0 fully saturated rings. The molecule has 120 valence electrons. The molecule has 1 unspecified atom stereocenters. The van der Waals surface area contributed by atoms with Crippen molar-refractivity contribution in [2.24, 2.45) is 5.73 Å². The summed E-state index contributed by atoms with van der Waals surface area (Å²) in [4.78, 5) is 10.3. The number of nitro groups is 1. The van der Waals surface area contributed by atoms with E-state index in [1.54, 1.807) is 0 Å². The van der Waals surface area contributed by atoms with Gasteiger partial charge < -0.3 is 10.5 Å². The number of nitrogens with two attached hydrogens (primary N) is 1. The van der Waals surface area contributed by atoms with Crippen LogP contribution in [0, 0.1) is 15.5 Å². The van der Waals surface area contributed by atoms with Gasteiger partial charge in [-0.2, -0.15) is 0 Å². The first-order valence-electron chi connectivity index (χ1n) is 6.44. The van der Waals surface area contributed by atoms with Crippen molar-refractivity contribution in [3.05, 3.63) is 33.9 Å². The van der Waals surface area contributed by atoms with Gasteiger partial charge in [-0.25, -0.2) is 12.7 Å². The van der Waals surface area contributed by atoms with Crippen LogP contribution in [0.4, 0.5) is 5.69 Å². The molecule has 0 aromatic heterocycles. The van der Waals surface area contributed by atoms with Crippen LogP contribution in [-0.2, 0) is 10.0 Å². The van der Waals surface area contributed by atoms with E-state index < -0.39 is 26.8 Å². The number of non-ortho nitro benzene ring substituents is 1. The predicted octanol–water partition coefficient (Wildman–Crippen LogP) is 0.616. The first-order chi connectivity index (χ1) is 10.2. The number of benzene rings is 1. The van der Waals surface area contributed by atoms with E-state index in [1.807, 2.05) is 0 Å². The molecule has 0 aliphatic carbocycles. The van der Waals surface area contributed by atoms with Gasteiger partial charge in [0.25, 0.3) is 5.69 Å². The third-order valence-corrected chi connectivity index (χ3v) is 5.39. The van der Waals surface area contributed by atoms with E-state index in [0.29, 0.717) is 28.6 Å². The second-order valence-corrected chi connectivity index (χ2v) is 6.99. The van der Waals surface area contributed by atoms with Crippen LogP contribution in [-0.4, -0.2) is 43.0 Å². The Hall–Kier alpha value is -2.36. The van der Waals surface area contributed by atoms with Gasteiger partial charge in [0.2, 0.25) is 16.0 Å². The molecule has 1 aliphatic rings. The van der Waals surface area contributed by atoms with Gasteiger partial charge in [-0.3, -0.25) is 15.5 Å². The summed E-state index contributed by atoms with van der Waals surface area (Å²) in [5, 5.41) is 18.1. The Balaban J connectivity index is 2.34. The molecule has 9 nitrogen and oxygen atoms in total. The van der Waals surface area contributed by atoms with Crippen LogP contribution in [0.1, 0.15) is 17.9 Å². The van der Waals surface area contributed by atoms with Crippen molar-refractivity contribution in [1.82, 2.24) is 4.31 Å². The molecule has 1 heterocycles. The second kappa shape index (κ2) is 5.79. The largest absolute Gasteiger partial charge is 0.493 e. The van der Waals surface area contributed by atoms with Crippen molar-refractivity contribution in [3.63, 3.8) is 0 Å². The van der Waals surface area contributed by atoms with Crippen LogP contribution in [0.3, 0.4) is 0 Å². The van der Waals surface area contributed by atoms with Crippen LogP contribution in [0.25, 0.3) is 0 Å². The maximum atomic E-state index is 12.2. The Bertz CT molecular complexity index is 718. The zero-order chi connectivity index (χ0) is 16.5. The summed E-state index contributed by atoms with van der Waals surface area (Å²) in [6.07, 6.45) is 0.416. The fourth-order valence-electron chi connectivity index (χ4n) is 2.26. The van der Waals surface area contributed by atoms with Crippen molar-refractivity contribution in [3.8, 4) is 5.75 Å². The van der Waals surface area contributed by atoms with E-state index in [2.05, 4.69) is 0 Å². The maximum Gasteiger partial charge on any atom is 0.269 e. The average molecular weight is 328 g/mol. The Labute approximate surface area is 127 Å². The highest BCUT2D eigenvalue weighted by molar-refractivity contribution is 7.89. The zero-order valence-electron chi connectivity index (χ0n) is 11.9. The first-order valence-corrected chi connectivity index (χ1v) is 8.05. The second-order valence-electron chi connectivity index (χ2n) is 4.94. The molecule has 0 saturated heterocycles. The summed E-state index contributed by atoms with van der Waals surface area (Å²) in [7, 11) is -2.58. The van der Waals surface area contributed by atoms with Crippen molar-refractivity contribution in [2.75, 3.05) is 19.4 Å². The van der Waals surface area contributed by atoms with E-state index in [9.17, 15) is 18.5 Å². The Morgan fingerprint density at radius 2 is 2.27 bits per heavy atom. The molecular formula is C12H16N4O5S. The van der Waals surface area contributed by atoms with E-state index in [0.717, 1.165) is 0 Å². The summed E-state index contributed by atoms with van der Waals surface area (Å²) in [5.74, 6) is -0.870. The van der Waals surface area contributed by atoms with Gasteiger partial charge in [0.05, 0.1) is 17.3 Å². The lowest BCUT2D eigenvalue weighted by Crippen LogP contribution is -2.40. The summed E-state index contributed by atoms with van der Waals surface area (Å²) in [6, 6.07) is 4.13. The van der Waals surface area contributed by atoms with Crippen LogP contribution in [0.2, 0.25) is 0 Å². The topological polar surface area (TPSA) is 140 Å². The number of rotatable bonds is 4. The number of nitrogens with zero attached hydrogens (tertiary/aromatic N) is 2. The minimum atomic E-state index is -3.78. The summed E-state index contributed by atoms with van der Waals surface area (Å²) < 4.78 is 30.5. The summed E-state index contributed by atoms with van der Waals surface area (Å²) in [6.45, 7) is 0.328. The van der Waals surface area contributed by atoms with Crippen LogP contribution in [0.5, 0.6) is 5.75 Å². The molecular weight excluding hydrogens is 312 g/mol. The van der Waals surface area contributed by atoms with Crippen LogP contribution >= 0.6 is 0 Å². The van der Waals surface area contributed by atoms with Gasteiger partial charge >= 0.3 is 0 Å². The molecule has 0 bridgehead atoms. The molecule has 0 amide bonds. The minimum absolute atomic E-state index is 0.119. The van der Waals surface area contributed by atoms with E-state index in [4.69, 9.17) is 15.9 Å². The van der Waals surface area contributed by atoms with Crippen molar-refractivity contribution < 1.29 is 18.1 Å². The minimum Gasteiger partial charge on any atom is -0.493 e. The predicted molar refractivity (Wildman–Crippen MR) is 79.4 cm³/mol. The number of fused-ring (bicyclic) bond motifs is 1. The molecule has 0 radical (unpaired) electrons. The lowest BCUT2D eigenvalue weighted by Gasteiger charge is -2.27. The fourth-order valence-corrected chi connectivity index (χ4v) is 3.63. The van der Waals surface area contributed by atoms with Gasteiger partial charge in [-0.15, -0.1) is 0 Å². The molecule has 2 rings (SSSR count). The normalized spacial score (nSPS) is 17.2. The number of nitrogens with one attached hydrogen (secondary N) is 1. The molecule has 3 N–H and O–H groups in total. The highest BCUT2D eigenvalue weighted by atomic mass is 32.2. The quantitative estimate of drug-likeness (QED) is 0.359. The molecule has 1 aliphatic heterocycles. The third-order valence-electron chi connectivity index (χ3n) is 3.54. The average Bonchev–Trinajstić information content (AvgIpc) is 2.45. The van der Waals surface area contributed by atoms with Gasteiger partial charge in [0.15, 0.2) is 0 Å². The van der Waals surface area contributed by atoms with E-state index in [1.165, 1.54) is 25.2 Å². The number of hydrogen-bond acceptors (Lipinski definition) is 6. The Morgan fingerprint density at radius 1 is 1.59 bits per heavy atom. The zero-order valence-corrected chi connectivity index (χ0v) is 12.7. The molecule has 1 aromatic rings. The van der Waals surface area contributed by atoms with E-state index >= 15 is 0 Å². The molecule has 1 atom stereocenters. The lowest BCUT2D eigenvalue weighted by atomic mass is 9.94. The first kappa shape index (κ1) is 16.0. The van der Waals surface area contributed by atoms with Gasteiger partial charge in [0.1, 0.15) is 5.75 Å². The number of nitro benzene ring substituents is 1. The van der Waals surface area contributed by atoms with E-state index in [-0.39, 0.29) is 11.4 Å². The highest BCUT2D eigenvalue weighted by Crippen LogP contribution is 2.37. The standard InChI is InChI=1S/C12H16N4O5S/c1-15(12(13)14)22(19,20)7-8-4-5-21-11-3-2-9(16(17)18)6-10(8)11/h2-3,6,8H,4-5,7H2,1H3,(H3,13,14). The maximum absolute atomic E-state index is 12.2. The number of hydrogen-bond donors (Lipinski definition) is 2. The van der Waals surface area contributed by atoms with Crippen molar-refractivity contribution in [1.29, 1.82) is 5.41 Å². The smallest absolute Gasteiger partial charge is 0.269 e. The number of ether oxygens (including phenoxy) is 1. The van der Waals surface area contributed by atoms with Crippen LogP contribution in [0.15, 0.2) is 18.2 Å². The lowest BCUT2D eigenvalue weighted by molar-refractivity contribution is -0.385. The van der Waals surface area contributed by atoms with Gasteiger partial charge in [-0.05, 0) is 12.5 Å². The van der Waals surface area contributed by atoms with Gasteiger partial charge in [0, 0.05) is 30.7 Å². The van der Waals surface area contributed by atoms with Gasteiger partial charge in [-0.1, -0.05) is 0 Å². The monoisotopic (exact) mass is 328 g/mol. The Morgan fingerprint density at radius 3 is 2.86 bits per heavy atom. The SMILES string of the molecule is CN(C(=N)N)S(=O)(=O)CC1CCOc2ccc([N+](=O)[O-])cc21. The van der Waals surface area contributed by atoms with Crippen molar-refractivity contribution in [2.45, 2.75) is 12.3 Å². The molecule has 1 aromatic carbocycles. The molecule has 0 saturated carbocycles. The summed E-state index contributed by atoms with van der Waals surface area (Å²) in [5.41, 5.74) is 5.57. The number of guanidine groups is 1. The highest BCUT2D eigenvalue weighted by Gasteiger charge is 2.30. The number of sulfonamides is 1. The summed E-state index contributed by atoms with van der Waals surface area (Å²) >= 11 is 0. The fraction of sp³-hybridized carbons (Fsp3) is 0.417. The van der Waals surface area contributed by atoms with Crippen LogP contribution < -0.4 is 10.5 Å².